The predicted molar refractivity (Wildman–Crippen MR) is 61.1 cm³/mol. The first-order chi connectivity index (χ1) is 8.69. The minimum absolute atomic E-state index is 0.124. The molecule has 0 fully saturated rings. The number of carbonyl (C=O) groups is 1. The van der Waals surface area contributed by atoms with Crippen LogP contribution in [-0.2, 0) is 0 Å². The second kappa shape index (κ2) is 5.22. The topological polar surface area (TPSA) is 81.8 Å². The molecular formula is C12H11NO5. The average molecular weight is 249 g/mol. The van der Waals surface area contributed by atoms with Crippen molar-refractivity contribution in [1.29, 1.82) is 0 Å². The SMILES string of the molecule is CCOc1cccc(Oc2nc(C(=O)O)co2)c1. The molecule has 0 aliphatic rings. The van der Waals surface area contributed by atoms with Crippen molar-refractivity contribution in [1.82, 2.24) is 4.98 Å². The molecule has 0 unspecified atom stereocenters. The van der Waals surface area contributed by atoms with Crippen molar-refractivity contribution in [3.05, 3.63) is 36.2 Å². The van der Waals surface area contributed by atoms with E-state index in [1.807, 2.05) is 6.92 Å². The van der Waals surface area contributed by atoms with E-state index in [-0.39, 0.29) is 11.8 Å². The molecule has 0 spiro atoms. The van der Waals surface area contributed by atoms with Gasteiger partial charge in [0.1, 0.15) is 17.8 Å². The van der Waals surface area contributed by atoms with Crippen LogP contribution in [0.4, 0.5) is 0 Å². The normalized spacial score (nSPS) is 10.1. The van der Waals surface area contributed by atoms with Gasteiger partial charge in [-0.1, -0.05) is 6.07 Å². The van der Waals surface area contributed by atoms with Crippen molar-refractivity contribution in [3.8, 4) is 17.6 Å². The third kappa shape index (κ3) is 2.79. The quantitative estimate of drug-likeness (QED) is 0.876. The number of hydrogen-bond donors (Lipinski definition) is 1. The summed E-state index contributed by atoms with van der Waals surface area (Å²) >= 11 is 0. The largest absolute Gasteiger partial charge is 0.494 e. The molecule has 2 aromatic rings. The van der Waals surface area contributed by atoms with Crippen LogP contribution in [0.2, 0.25) is 0 Å². The van der Waals surface area contributed by atoms with E-state index in [0.29, 0.717) is 18.1 Å². The molecular weight excluding hydrogens is 238 g/mol. The zero-order valence-corrected chi connectivity index (χ0v) is 9.62. The minimum atomic E-state index is -1.17. The van der Waals surface area contributed by atoms with E-state index in [9.17, 15) is 4.79 Å². The highest BCUT2D eigenvalue weighted by Gasteiger charge is 2.12. The summed E-state index contributed by atoms with van der Waals surface area (Å²) in [5, 5.41) is 8.68. The molecule has 6 nitrogen and oxygen atoms in total. The molecule has 0 saturated heterocycles. The molecule has 0 atom stereocenters. The fourth-order valence-electron chi connectivity index (χ4n) is 1.30. The molecule has 0 radical (unpaired) electrons. The highest BCUT2D eigenvalue weighted by molar-refractivity contribution is 5.84. The van der Waals surface area contributed by atoms with Crippen LogP contribution < -0.4 is 9.47 Å². The Bertz CT molecular complexity index is 549. The van der Waals surface area contributed by atoms with Gasteiger partial charge in [0, 0.05) is 6.07 Å². The third-order valence-electron chi connectivity index (χ3n) is 2.02. The smallest absolute Gasteiger partial charge is 0.399 e. The fraction of sp³-hybridized carbons (Fsp3) is 0.167. The minimum Gasteiger partial charge on any atom is -0.494 e. The van der Waals surface area contributed by atoms with Crippen LogP contribution in [0, 0.1) is 0 Å². The number of carboxylic acids is 1. The highest BCUT2D eigenvalue weighted by atomic mass is 16.6. The Kier molecular flexibility index (Phi) is 3.47. The van der Waals surface area contributed by atoms with E-state index in [2.05, 4.69) is 4.98 Å². The molecule has 1 heterocycles. The number of hydrogen-bond acceptors (Lipinski definition) is 5. The molecule has 2 rings (SSSR count). The van der Waals surface area contributed by atoms with Gasteiger partial charge < -0.3 is 19.0 Å². The van der Waals surface area contributed by atoms with Crippen molar-refractivity contribution >= 4 is 5.97 Å². The van der Waals surface area contributed by atoms with Crippen molar-refractivity contribution in [2.75, 3.05) is 6.61 Å². The van der Waals surface area contributed by atoms with Crippen LogP contribution in [0.5, 0.6) is 17.6 Å². The van der Waals surface area contributed by atoms with Gasteiger partial charge in [-0.15, -0.1) is 0 Å². The van der Waals surface area contributed by atoms with E-state index in [0.717, 1.165) is 6.26 Å². The molecule has 0 aliphatic heterocycles. The van der Waals surface area contributed by atoms with E-state index in [1.54, 1.807) is 24.3 Å². The van der Waals surface area contributed by atoms with E-state index < -0.39 is 5.97 Å². The lowest BCUT2D eigenvalue weighted by molar-refractivity contribution is 0.0690. The monoisotopic (exact) mass is 249 g/mol. The zero-order chi connectivity index (χ0) is 13.0. The Hall–Kier alpha value is -2.50. The Morgan fingerprint density at radius 3 is 2.89 bits per heavy atom. The van der Waals surface area contributed by atoms with E-state index in [4.69, 9.17) is 19.0 Å². The molecule has 6 heteroatoms. The third-order valence-corrected chi connectivity index (χ3v) is 2.02. The summed E-state index contributed by atoms with van der Waals surface area (Å²) in [7, 11) is 0. The summed E-state index contributed by atoms with van der Waals surface area (Å²) in [6, 6.07) is 6.89. The molecule has 0 saturated carbocycles. The van der Waals surface area contributed by atoms with Crippen LogP contribution in [0.1, 0.15) is 17.4 Å². The Balaban J connectivity index is 2.12. The predicted octanol–water partition coefficient (Wildman–Crippen LogP) is 2.56. The van der Waals surface area contributed by atoms with Gasteiger partial charge in [-0.3, -0.25) is 0 Å². The standard InChI is InChI=1S/C12H11NO5/c1-2-16-8-4-3-5-9(6-8)18-12-13-10(7-17-12)11(14)15/h3-7H,2H2,1H3,(H,14,15). The second-order valence-electron chi connectivity index (χ2n) is 3.31. The fourth-order valence-corrected chi connectivity index (χ4v) is 1.30. The summed E-state index contributed by atoms with van der Waals surface area (Å²) in [4.78, 5) is 14.3. The number of nitrogens with zero attached hydrogens (tertiary/aromatic N) is 1. The van der Waals surface area contributed by atoms with Gasteiger partial charge in [-0.25, -0.2) is 4.79 Å². The lowest BCUT2D eigenvalue weighted by atomic mass is 10.3. The van der Waals surface area contributed by atoms with Crippen LogP contribution in [-0.4, -0.2) is 22.7 Å². The number of oxazole rings is 1. The van der Waals surface area contributed by atoms with E-state index >= 15 is 0 Å². The van der Waals surface area contributed by atoms with Crippen molar-refractivity contribution < 1.29 is 23.8 Å². The number of benzene rings is 1. The maximum absolute atomic E-state index is 10.6. The van der Waals surface area contributed by atoms with Crippen molar-refractivity contribution in [2.45, 2.75) is 6.92 Å². The Morgan fingerprint density at radius 2 is 2.22 bits per heavy atom. The van der Waals surface area contributed by atoms with Gasteiger partial charge in [-0.05, 0) is 19.1 Å². The average Bonchev–Trinajstić information content (AvgIpc) is 2.78. The maximum Gasteiger partial charge on any atom is 0.399 e. The molecule has 0 amide bonds. The molecule has 0 bridgehead atoms. The van der Waals surface area contributed by atoms with Crippen molar-refractivity contribution in [3.63, 3.8) is 0 Å². The summed E-state index contributed by atoms with van der Waals surface area (Å²) < 4.78 is 15.5. The van der Waals surface area contributed by atoms with Gasteiger partial charge in [0.2, 0.25) is 0 Å². The summed E-state index contributed by atoms with van der Waals surface area (Å²) in [5.41, 5.74) is -0.203. The lowest BCUT2D eigenvalue weighted by Gasteiger charge is -2.04. The van der Waals surface area contributed by atoms with Crippen LogP contribution in [0.15, 0.2) is 34.9 Å². The van der Waals surface area contributed by atoms with Gasteiger partial charge in [0.05, 0.1) is 6.61 Å². The molecule has 0 aliphatic carbocycles. The van der Waals surface area contributed by atoms with Crippen molar-refractivity contribution in [2.24, 2.45) is 0 Å². The number of aromatic nitrogens is 1. The molecule has 1 N–H and O–H groups in total. The number of carboxylic acid groups (broad SMARTS) is 1. The summed E-state index contributed by atoms with van der Waals surface area (Å²) in [6.07, 6.45) is 0.894. The lowest BCUT2D eigenvalue weighted by Crippen LogP contribution is -1.96. The van der Waals surface area contributed by atoms with Crippen LogP contribution in [0.3, 0.4) is 0 Å². The van der Waals surface area contributed by atoms with Gasteiger partial charge >= 0.3 is 12.0 Å². The molecule has 1 aromatic carbocycles. The first-order valence-electron chi connectivity index (χ1n) is 5.28. The number of aromatic carboxylic acids is 1. The van der Waals surface area contributed by atoms with E-state index in [1.165, 1.54) is 0 Å². The number of rotatable bonds is 5. The molecule has 1 aromatic heterocycles. The molecule has 18 heavy (non-hydrogen) atoms. The number of ether oxygens (including phenoxy) is 2. The Morgan fingerprint density at radius 1 is 1.44 bits per heavy atom. The van der Waals surface area contributed by atoms with Gasteiger partial charge in [-0.2, -0.15) is 4.98 Å². The Labute approximate surface area is 103 Å². The maximum atomic E-state index is 10.6. The summed E-state index contributed by atoms with van der Waals surface area (Å²) in [6.45, 7) is 2.42. The molecule has 94 valence electrons. The van der Waals surface area contributed by atoms with Gasteiger partial charge in [0.25, 0.3) is 0 Å². The first-order valence-corrected chi connectivity index (χ1v) is 5.28. The summed E-state index contributed by atoms with van der Waals surface area (Å²) in [5.74, 6) is -0.0589. The van der Waals surface area contributed by atoms with Crippen LogP contribution >= 0.6 is 0 Å². The second-order valence-corrected chi connectivity index (χ2v) is 3.31. The zero-order valence-electron chi connectivity index (χ0n) is 9.62. The highest BCUT2D eigenvalue weighted by Crippen LogP contribution is 2.24. The van der Waals surface area contributed by atoms with Gasteiger partial charge in [0.15, 0.2) is 5.69 Å². The van der Waals surface area contributed by atoms with Crippen LogP contribution in [0.25, 0.3) is 0 Å². The first kappa shape index (κ1) is 12.0.